The first-order chi connectivity index (χ1) is 6.59. The number of rotatable bonds is 1. The Labute approximate surface area is 87.4 Å². The Morgan fingerprint density at radius 2 is 2.07 bits per heavy atom. The van der Waals surface area contributed by atoms with E-state index in [-0.39, 0.29) is 0 Å². The summed E-state index contributed by atoms with van der Waals surface area (Å²) in [7, 11) is 0. The van der Waals surface area contributed by atoms with Crippen LogP contribution >= 0.6 is 15.9 Å². The molecular weight excluding hydrogens is 254 g/mol. The molecule has 5 heteroatoms. The molecule has 0 aliphatic rings. The number of nitrogens with zero attached hydrogens (tertiary/aromatic N) is 1. The summed E-state index contributed by atoms with van der Waals surface area (Å²) in [5.74, 6) is 0. The molecule has 2 N–H and O–H groups in total. The van der Waals surface area contributed by atoms with Crippen LogP contribution in [0.4, 0.5) is 14.5 Å². The van der Waals surface area contributed by atoms with Crippen molar-refractivity contribution in [3.63, 3.8) is 0 Å². The van der Waals surface area contributed by atoms with E-state index in [1.165, 1.54) is 6.20 Å². The van der Waals surface area contributed by atoms with Gasteiger partial charge in [-0.15, -0.1) is 0 Å². The van der Waals surface area contributed by atoms with Gasteiger partial charge in [-0.1, -0.05) is 15.9 Å². The maximum absolute atomic E-state index is 12.5. The van der Waals surface area contributed by atoms with Crippen molar-refractivity contribution < 1.29 is 8.78 Å². The van der Waals surface area contributed by atoms with Crippen LogP contribution in [0.5, 0.6) is 0 Å². The molecular formula is C9H7BrF2N2. The molecule has 74 valence electrons. The molecule has 14 heavy (non-hydrogen) atoms. The van der Waals surface area contributed by atoms with Gasteiger partial charge in [-0.25, -0.2) is 0 Å². The summed E-state index contributed by atoms with van der Waals surface area (Å²) < 4.78 is 26.6. The average Bonchev–Trinajstić information content (AvgIpc) is 2.47. The van der Waals surface area contributed by atoms with E-state index >= 15 is 0 Å². The minimum absolute atomic E-state index is 0.437. The van der Waals surface area contributed by atoms with Crippen molar-refractivity contribution in [2.75, 3.05) is 5.73 Å². The van der Waals surface area contributed by atoms with Gasteiger partial charge >= 0.3 is 6.55 Å². The van der Waals surface area contributed by atoms with Crippen molar-refractivity contribution in [3.8, 4) is 0 Å². The van der Waals surface area contributed by atoms with Gasteiger partial charge in [-0.05, 0) is 18.2 Å². The molecule has 0 atom stereocenters. The third-order valence-corrected chi connectivity index (χ3v) is 2.50. The second kappa shape index (κ2) is 3.24. The largest absolute Gasteiger partial charge is 0.398 e. The monoisotopic (exact) mass is 260 g/mol. The van der Waals surface area contributed by atoms with Crippen LogP contribution in [0, 0.1) is 0 Å². The number of hydrogen-bond donors (Lipinski definition) is 1. The molecule has 0 aliphatic heterocycles. The minimum atomic E-state index is -2.54. The molecule has 0 saturated heterocycles. The van der Waals surface area contributed by atoms with Gasteiger partial charge in [0.05, 0.1) is 5.52 Å². The summed E-state index contributed by atoms with van der Waals surface area (Å²) in [6.07, 6.45) is 1.33. The van der Waals surface area contributed by atoms with Gasteiger partial charge in [0.1, 0.15) is 0 Å². The fourth-order valence-corrected chi connectivity index (χ4v) is 1.89. The molecule has 0 amide bonds. The highest BCUT2D eigenvalue weighted by Crippen LogP contribution is 2.29. The zero-order valence-electron chi connectivity index (χ0n) is 7.05. The molecule has 0 saturated carbocycles. The number of nitrogens with two attached hydrogens (primary N) is 1. The molecule has 0 aliphatic carbocycles. The van der Waals surface area contributed by atoms with Crippen molar-refractivity contribution in [1.29, 1.82) is 0 Å². The Morgan fingerprint density at radius 3 is 2.71 bits per heavy atom. The lowest BCUT2D eigenvalue weighted by molar-refractivity contribution is 0.0752. The molecule has 2 rings (SSSR count). The van der Waals surface area contributed by atoms with Crippen LogP contribution in [0.1, 0.15) is 6.55 Å². The fourth-order valence-electron chi connectivity index (χ4n) is 1.42. The van der Waals surface area contributed by atoms with E-state index in [1.807, 2.05) is 0 Å². The lowest BCUT2D eigenvalue weighted by Gasteiger charge is -2.04. The van der Waals surface area contributed by atoms with Gasteiger partial charge in [-0.2, -0.15) is 8.78 Å². The molecule has 0 radical (unpaired) electrons. The Hall–Kier alpha value is -1.10. The van der Waals surface area contributed by atoms with Crippen molar-refractivity contribution in [2.24, 2.45) is 0 Å². The van der Waals surface area contributed by atoms with Gasteiger partial charge in [0.25, 0.3) is 0 Å². The number of alkyl halides is 2. The summed E-state index contributed by atoms with van der Waals surface area (Å²) in [4.78, 5) is 0. The average molecular weight is 261 g/mol. The van der Waals surface area contributed by atoms with E-state index in [2.05, 4.69) is 15.9 Å². The topological polar surface area (TPSA) is 30.9 Å². The number of benzene rings is 1. The van der Waals surface area contributed by atoms with Gasteiger partial charge in [-0.3, -0.25) is 4.57 Å². The lowest BCUT2D eigenvalue weighted by Crippen LogP contribution is -1.95. The Balaban J connectivity index is 2.78. The first-order valence-electron chi connectivity index (χ1n) is 3.93. The predicted octanol–water partition coefficient (Wildman–Crippen LogP) is 3.38. The number of halogens is 3. The molecule has 1 aromatic heterocycles. The molecule has 0 unspecified atom stereocenters. The summed E-state index contributed by atoms with van der Waals surface area (Å²) in [6.45, 7) is -2.54. The Morgan fingerprint density at radius 1 is 1.36 bits per heavy atom. The third kappa shape index (κ3) is 1.37. The predicted molar refractivity (Wildman–Crippen MR) is 55.3 cm³/mol. The van der Waals surface area contributed by atoms with Crippen LogP contribution < -0.4 is 5.73 Å². The summed E-state index contributed by atoms with van der Waals surface area (Å²) in [6, 6.07) is 4.90. The van der Waals surface area contributed by atoms with Gasteiger partial charge in [0.15, 0.2) is 0 Å². The van der Waals surface area contributed by atoms with Crippen molar-refractivity contribution in [1.82, 2.24) is 4.57 Å². The zero-order valence-corrected chi connectivity index (χ0v) is 8.63. The molecule has 1 heterocycles. The fraction of sp³-hybridized carbons (Fsp3) is 0.111. The summed E-state index contributed by atoms with van der Waals surface area (Å²) in [5.41, 5.74) is 6.61. The third-order valence-electron chi connectivity index (χ3n) is 2.05. The van der Waals surface area contributed by atoms with E-state index < -0.39 is 6.55 Å². The highest BCUT2D eigenvalue weighted by atomic mass is 79.9. The molecule has 1 aromatic carbocycles. The lowest BCUT2D eigenvalue weighted by atomic mass is 10.2. The van der Waals surface area contributed by atoms with Crippen LogP contribution in [0.25, 0.3) is 10.9 Å². The van der Waals surface area contributed by atoms with Crippen molar-refractivity contribution in [3.05, 3.63) is 28.9 Å². The first-order valence-corrected chi connectivity index (χ1v) is 4.72. The second-order valence-corrected chi connectivity index (χ2v) is 3.84. The van der Waals surface area contributed by atoms with Crippen molar-refractivity contribution in [2.45, 2.75) is 6.55 Å². The summed E-state index contributed by atoms with van der Waals surface area (Å²) in [5, 5.41) is 0.647. The van der Waals surface area contributed by atoms with Gasteiger partial charge < -0.3 is 5.73 Å². The number of hydrogen-bond acceptors (Lipinski definition) is 1. The highest BCUT2D eigenvalue weighted by Gasteiger charge is 2.11. The number of fused-ring (bicyclic) bond motifs is 1. The smallest absolute Gasteiger partial charge is 0.319 e. The van der Waals surface area contributed by atoms with Crippen molar-refractivity contribution >= 4 is 32.5 Å². The SMILES string of the molecule is Nc1cc(Br)cc2c1ccn2C(F)F. The highest BCUT2D eigenvalue weighted by molar-refractivity contribution is 9.10. The van der Waals surface area contributed by atoms with E-state index in [0.717, 1.165) is 4.57 Å². The molecule has 0 spiro atoms. The number of nitrogen functional groups attached to an aromatic ring is 1. The molecule has 0 bridgehead atoms. The van der Waals surface area contributed by atoms with Crippen LogP contribution in [0.15, 0.2) is 28.9 Å². The normalized spacial score (nSPS) is 11.4. The second-order valence-electron chi connectivity index (χ2n) is 2.93. The molecule has 0 fully saturated rings. The van der Waals surface area contributed by atoms with Crippen LogP contribution in [-0.2, 0) is 0 Å². The van der Waals surface area contributed by atoms with Gasteiger partial charge in [0, 0.05) is 21.7 Å². The summed E-state index contributed by atoms with van der Waals surface area (Å²) >= 11 is 3.21. The quantitative estimate of drug-likeness (QED) is 0.784. The minimum Gasteiger partial charge on any atom is -0.398 e. The Kier molecular flexibility index (Phi) is 2.19. The van der Waals surface area contributed by atoms with E-state index in [1.54, 1.807) is 18.2 Å². The standard InChI is InChI=1S/C9H7BrF2N2/c10-5-3-7(13)6-1-2-14(9(11)12)8(6)4-5/h1-4,9H,13H2. The zero-order chi connectivity index (χ0) is 10.3. The van der Waals surface area contributed by atoms with E-state index in [9.17, 15) is 8.78 Å². The van der Waals surface area contributed by atoms with E-state index in [0.29, 0.717) is 21.1 Å². The van der Waals surface area contributed by atoms with E-state index in [4.69, 9.17) is 5.73 Å². The van der Waals surface area contributed by atoms with Crippen LogP contribution in [0.3, 0.4) is 0 Å². The van der Waals surface area contributed by atoms with Crippen LogP contribution in [0.2, 0.25) is 0 Å². The molecule has 2 aromatic rings. The number of anilines is 1. The maximum atomic E-state index is 12.5. The maximum Gasteiger partial charge on any atom is 0.319 e. The first kappa shape index (κ1) is 9.45. The Bertz CT molecular complexity index is 479. The number of aromatic nitrogens is 1. The van der Waals surface area contributed by atoms with Crippen LogP contribution in [-0.4, -0.2) is 4.57 Å². The van der Waals surface area contributed by atoms with Gasteiger partial charge in [0.2, 0.25) is 0 Å². The molecule has 2 nitrogen and oxygen atoms in total.